The summed E-state index contributed by atoms with van der Waals surface area (Å²) in [6, 6.07) is 0. The minimum atomic E-state index is 0.155. The zero-order valence-electron chi connectivity index (χ0n) is 12.4. The first kappa shape index (κ1) is 13.8. The molecule has 2 N–H and O–H groups in total. The fourth-order valence-corrected chi connectivity index (χ4v) is 4.34. The third-order valence-corrected chi connectivity index (χ3v) is 5.56. The molecular formula is C16H31N3. The van der Waals surface area contributed by atoms with E-state index in [4.69, 9.17) is 5.73 Å². The summed E-state index contributed by atoms with van der Waals surface area (Å²) in [7, 11) is 0. The lowest BCUT2D eigenvalue weighted by molar-refractivity contribution is 0.130. The van der Waals surface area contributed by atoms with Crippen LogP contribution in [-0.4, -0.2) is 54.6 Å². The third kappa shape index (κ3) is 3.71. The van der Waals surface area contributed by atoms with Gasteiger partial charge in [0.25, 0.3) is 0 Å². The lowest BCUT2D eigenvalue weighted by Crippen LogP contribution is -2.50. The Labute approximate surface area is 118 Å². The van der Waals surface area contributed by atoms with Crippen LogP contribution in [0, 0.1) is 5.92 Å². The van der Waals surface area contributed by atoms with Crippen LogP contribution in [0.4, 0.5) is 0 Å². The van der Waals surface area contributed by atoms with Crippen LogP contribution in [0.3, 0.4) is 0 Å². The number of piperidine rings is 1. The number of nitrogens with two attached hydrogens (primary N) is 1. The predicted molar refractivity (Wildman–Crippen MR) is 80.2 cm³/mol. The molecule has 2 saturated heterocycles. The Morgan fingerprint density at radius 3 is 2.11 bits per heavy atom. The molecular weight excluding hydrogens is 234 g/mol. The van der Waals surface area contributed by atoms with Crippen molar-refractivity contribution >= 4 is 0 Å². The number of hydrogen-bond acceptors (Lipinski definition) is 3. The second kappa shape index (κ2) is 6.11. The molecule has 0 atom stereocenters. The first-order chi connectivity index (χ1) is 9.23. The van der Waals surface area contributed by atoms with E-state index in [1.54, 1.807) is 0 Å². The Kier molecular flexibility index (Phi) is 4.45. The van der Waals surface area contributed by atoms with Gasteiger partial charge in [0.2, 0.25) is 0 Å². The quantitative estimate of drug-likeness (QED) is 0.844. The van der Waals surface area contributed by atoms with E-state index in [1.165, 1.54) is 84.1 Å². The van der Waals surface area contributed by atoms with E-state index in [1.807, 2.05) is 0 Å². The predicted octanol–water partition coefficient (Wildman–Crippen LogP) is 2.07. The van der Waals surface area contributed by atoms with Crippen molar-refractivity contribution in [2.75, 3.05) is 39.3 Å². The third-order valence-electron chi connectivity index (χ3n) is 5.56. The average Bonchev–Trinajstić information content (AvgIpc) is 3.04. The van der Waals surface area contributed by atoms with Gasteiger partial charge in [-0.05, 0) is 70.6 Å². The van der Waals surface area contributed by atoms with Crippen molar-refractivity contribution in [3.63, 3.8) is 0 Å². The van der Waals surface area contributed by atoms with Crippen LogP contribution in [0.25, 0.3) is 0 Å². The smallest absolute Gasteiger partial charge is 0.0283 e. The highest BCUT2D eigenvalue weighted by molar-refractivity contribution is 4.93. The molecule has 2 heterocycles. The van der Waals surface area contributed by atoms with Gasteiger partial charge >= 0.3 is 0 Å². The van der Waals surface area contributed by atoms with E-state index >= 15 is 0 Å². The van der Waals surface area contributed by atoms with E-state index in [-0.39, 0.29) is 5.54 Å². The van der Waals surface area contributed by atoms with Gasteiger partial charge in [-0.2, -0.15) is 0 Å². The number of rotatable bonds is 4. The minimum absolute atomic E-state index is 0.155. The van der Waals surface area contributed by atoms with Crippen LogP contribution in [-0.2, 0) is 0 Å². The SMILES string of the molecule is NC1(CN2CCC(CN3CCCC3)CC2)CCCC1. The topological polar surface area (TPSA) is 32.5 Å². The molecule has 0 radical (unpaired) electrons. The molecule has 3 aliphatic rings. The Bertz CT molecular complexity index is 272. The van der Waals surface area contributed by atoms with Crippen molar-refractivity contribution in [1.29, 1.82) is 0 Å². The zero-order valence-corrected chi connectivity index (χ0v) is 12.4. The highest BCUT2D eigenvalue weighted by Gasteiger charge is 2.32. The van der Waals surface area contributed by atoms with E-state index in [0.29, 0.717) is 0 Å². The maximum atomic E-state index is 6.51. The Hall–Kier alpha value is -0.120. The molecule has 0 aromatic heterocycles. The minimum Gasteiger partial charge on any atom is -0.324 e. The molecule has 19 heavy (non-hydrogen) atoms. The molecule has 0 aromatic carbocycles. The van der Waals surface area contributed by atoms with Crippen molar-refractivity contribution in [2.45, 2.75) is 56.9 Å². The van der Waals surface area contributed by atoms with Crippen molar-refractivity contribution < 1.29 is 0 Å². The van der Waals surface area contributed by atoms with Crippen LogP contribution >= 0.6 is 0 Å². The van der Waals surface area contributed by atoms with E-state index < -0.39 is 0 Å². The van der Waals surface area contributed by atoms with Gasteiger partial charge in [-0.25, -0.2) is 0 Å². The number of nitrogens with zero attached hydrogens (tertiary/aromatic N) is 2. The normalized spacial score (nSPS) is 30.2. The molecule has 110 valence electrons. The molecule has 0 spiro atoms. The summed E-state index contributed by atoms with van der Waals surface area (Å²) in [5.41, 5.74) is 6.66. The Morgan fingerprint density at radius 1 is 0.842 bits per heavy atom. The maximum Gasteiger partial charge on any atom is 0.0283 e. The van der Waals surface area contributed by atoms with Crippen LogP contribution in [0.15, 0.2) is 0 Å². The average molecular weight is 265 g/mol. The fraction of sp³-hybridized carbons (Fsp3) is 1.00. The molecule has 3 nitrogen and oxygen atoms in total. The zero-order chi connectivity index (χ0) is 13.1. The molecule has 3 heteroatoms. The highest BCUT2D eigenvalue weighted by Crippen LogP contribution is 2.29. The summed E-state index contributed by atoms with van der Waals surface area (Å²) in [5.74, 6) is 0.951. The lowest BCUT2D eigenvalue weighted by atomic mass is 9.93. The summed E-state index contributed by atoms with van der Waals surface area (Å²) < 4.78 is 0. The largest absolute Gasteiger partial charge is 0.324 e. The number of hydrogen-bond donors (Lipinski definition) is 1. The first-order valence-corrected chi connectivity index (χ1v) is 8.47. The molecule has 0 aromatic rings. The molecule has 0 unspecified atom stereocenters. The van der Waals surface area contributed by atoms with Gasteiger partial charge in [-0.1, -0.05) is 12.8 Å². The molecule has 2 aliphatic heterocycles. The lowest BCUT2D eigenvalue weighted by Gasteiger charge is -2.38. The van der Waals surface area contributed by atoms with Crippen LogP contribution in [0.5, 0.6) is 0 Å². The van der Waals surface area contributed by atoms with Gasteiger partial charge in [0, 0.05) is 18.6 Å². The summed E-state index contributed by atoms with van der Waals surface area (Å²) in [6.07, 6.45) is 10.8. The van der Waals surface area contributed by atoms with Crippen molar-refractivity contribution in [3.8, 4) is 0 Å². The first-order valence-electron chi connectivity index (χ1n) is 8.47. The van der Waals surface area contributed by atoms with Gasteiger partial charge in [0.15, 0.2) is 0 Å². The summed E-state index contributed by atoms with van der Waals surface area (Å²) in [4.78, 5) is 5.33. The van der Waals surface area contributed by atoms with Gasteiger partial charge < -0.3 is 15.5 Å². The van der Waals surface area contributed by atoms with Crippen molar-refractivity contribution in [1.82, 2.24) is 9.80 Å². The standard InChI is InChI=1S/C16H31N3/c17-16(7-1-2-8-16)14-19-11-5-15(6-12-19)13-18-9-3-4-10-18/h15H,1-14,17H2. The second-order valence-electron chi connectivity index (χ2n) is 7.30. The monoisotopic (exact) mass is 265 g/mol. The van der Waals surface area contributed by atoms with Gasteiger partial charge in [0.05, 0.1) is 0 Å². The molecule has 0 bridgehead atoms. The molecule has 3 rings (SSSR count). The molecule has 3 fully saturated rings. The van der Waals surface area contributed by atoms with Gasteiger partial charge in [-0.15, -0.1) is 0 Å². The highest BCUT2D eigenvalue weighted by atomic mass is 15.2. The Balaban J connectivity index is 1.39. The molecule has 1 saturated carbocycles. The van der Waals surface area contributed by atoms with Crippen LogP contribution in [0.2, 0.25) is 0 Å². The number of likely N-dealkylation sites (tertiary alicyclic amines) is 2. The summed E-state index contributed by atoms with van der Waals surface area (Å²) >= 11 is 0. The molecule has 0 amide bonds. The summed E-state index contributed by atoms with van der Waals surface area (Å²) in [6.45, 7) is 7.80. The Morgan fingerprint density at radius 2 is 1.47 bits per heavy atom. The van der Waals surface area contributed by atoms with Gasteiger partial charge in [-0.3, -0.25) is 0 Å². The second-order valence-corrected chi connectivity index (χ2v) is 7.30. The van der Waals surface area contributed by atoms with Crippen LogP contribution in [0.1, 0.15) is 51.4 Å². The van der Waals surface area contributed by atoms with Gasteiger partial charge in [0.1, 0.15) is 0 Å². The molecule has 1 aliphatic carbocycles. The van der Waals surface area contributed by atoms with E-state index in [2.05, 4.69) is 9.80 Å². The van der Waals surface area contributed by atoms with Crippen molar-refractivity contribution in [2.24, 2.45) is 11.7 Å². The van der Waals surface area contributed by atoms with Crippen LogP contribution < -0.4 is 5.73 Å². The summed E-state index contributed by atoms with van der Waals surface area (Å²) in [5, 5.41) is 0. The fourth-order valence-electron chi connectivity index (χ4n) is 4.34. The maximum absolute atomic E-state index is 6.51. The van der Waals surface area contributed by atoms with E-state index in [0.717, 1.165) is 12.5 Å². The van der Waals surface area contributed by atoms with E-state index in [9.17, 15) is 0 Å². The van der Waals surface area contributed by atoms with Crippen molar-refractivity contribution in [3.05, 3.63) is 0 Å².